The molecule has 1 aromatic carbocycles. The largest absolute Gasteiger partial charge is 0.482 e. The SMILES string of the molecule is Cc1cc2c(cc1S(=O)(=O)N1CCC(C(=O)NC3CCCCCCC3)CC1)OCC(=O)N2. The summed E-state index contributed by atoms with van der Waals surface area (Å²) in [6, 6.07) is 3.38. The molecule has 32 heavy (non-hydrogen) atoms. The molecule has 2 amide bonds. The Bertz CT molecular complexity index is 962. The molecule has 0 aromatic heterocycles. The quantitative estimate of drug-likeness (QED) is 0.714. The highest BCUT2D eigenvalue weighted by atomic mass is 32.2. The molecule has 1 aliphatic carbocycles. The van der Waals surface area contributed by atoms with E-state index in [0.717, 1.165) is 25.7 Å². The van der Waals surface area contributed by atoms with Gasteiger partial charge in [-0.05, 0) is 44.2 Å². The molecule has 2 fully saturated rings. The first-order chi connectivity index (χ1) is 15.3. The number of rotatable bonds is 4. The first-order valence-corrected chi connectivity index (χ1v) is 13.2. The van der Waals surface area contributed by atoms with Crippen molar-refractivity contribution in [3.05, 3.63) is 17.7 Å². The fraction of sp³-hybridized carbons (Fsp3) is 0.652. The van der Waals surface area contributed by atoms with Gasteiger partial charge in [-0.25, -0.2) is 8.42 Å². The number of piperidine rings is 1. The summed E-state index contributed by atoms with van der Waals surface area (Å²) >= 11 is 0. The second-order valence-electron chi connectivity index (χ2n) is 9.18. The van der Waals surface area contributed by atoms with Crippen LogP contribution in [0.3, 0.4) is 0 Å². The summed E-state index contributed by atoms with van der Waals surface area (Å²) in [4.78, 5) is 24.5. The Kier molecular flexibility index (Phi) is 7.05. The third-order valence-corrected chi connectivity index (χ3v) is 8.84. The number of nitrogens with zero attached hydrogens (tertiary/aromatic N) is 1. The lowest BCUT2D eigenvalue weighted by molar-refractivity contribution is -0.127. The van der Waals surface area contributed by atoms with Crippen molar-refractivity contribution in [1.82, 2.24) is 9.62 Å². The van der Waals surface area contributed by atoms with Crippen LogP contribution in [0.2, 0.25) is 0 Å². The molecule has 1 aromatic rings. The maximum absolute atomic E-state index is 13.3. The second kappa shape index (κ2) is 9.79. The highest BCUT2D eigenvalue weighted by Gasteiger charge is 2.34. The van der Waals surface area contributed by atoms with Crippen LogP contribution in [0.1, 0.15) is 63.4 Å². The van der Waals surface area contributed by atoms with Crippen molar-refractivity contribution in [3.63, 3.8) is 0 Å². The van der Waals surface area contributed by atoms with Crippen molar-refractivity contribution >= 4 is 27.5 Å². The highest BCUT2D eigenvalue weighted by molar-refractivity contribution is 7.89. The van der Waals surface area contributed by atoms with Gasteiger partial charge in [0, 0.05) is 31.1 Å². The first kappa shape index (κ1) is 23.0. The summed E-state index contributed by atoms with van der Waals surface area (Å²) in [5.41, 5.74) is 1.04. The summed E-state index contributed by atoms with van der Waals surface area (Å²) in [7, 11) is -3.72. The molecule has 2 N–H and O–H groups in total. The lowest BCUT2D eigenvalue weighted by Crippen LogP contribution is -2.45. The van der Waals surface area contributed by atoms with Crippen LogP contribution >= 0.6 is 0 Å². The average molecular weight is 464 g/mol. The Morgan fingerprint density at radius 2 is 1.72 bits per heavy atom. The molecule has 0 radical (unpaired) electrons. The van der Waals surface area contributed by atoms with Crippen LogP contribution in [0.5, 0.6) is 5.75 Å². The van der Waals surface area contributed by atoms with Crippen LogP contribution in [0.4, 0.5) is 5.69 Å². The van der Waals surface area contributed by atoms with Crippen molar-refractivity contribution in [1.29, 1.82) is 0 Å². The van der Waals surface area contributed by atoms with Gasteiger partial charge in [0.1, 0.15) is 5.75 Å². The molecule has 9 heteroatoms. The summed E-state index contributed by atoms with van der Waals surface area (Å²) in [6.45, 7) is 2.22. The van der Waals surface area contributed by atoms with E-state index in [2.05, 4.69) is 10.6 Å². The number of fused-ring (bicyclic) bond motifs is 1. The number of aryl methyl sites for hydroxylation is 1. The van der Waals surface area contributed by atoms with Crippen LogP contribution in [0.15, 0.2) is 17.0 Å². The molecule has 0 spiro atoms. The number of sulfonamides is 1. The van der Waals surface area contributed by atoms with Crippen LogP contribution in [-0.2, 0) is 19.6 Å². The summed E-state index contributed by atoms with van der Waals surface area (Å²) in [5, 5.41) is 5.93. The number of carbonyl (C=O) groups is 2. The van der Waals surface area contributed by atoms with Crippen LogP contribution in [0, 0.1) is 12.8 Å². The molecule has 2 aliphatic heterocycles. The van der Waals surface area contributed by atoms with E-state index in [9.17, 15) is 18.0 Å². The van der Waals surface area contributed by atoms with E-state index >= 15 is 0 Å². The van der Waals surface area contributed by atoms with Crippen LogP contribution < -0.4 is 15.4 Å². The Labute approximate surface area is 190 Å². The maximum atomic E-state index is 13.3. The minimum Gasteiger partial charge on any atom is -0.482 e. The first-order valence-electron chi connectivity index (χ1n) is 11.7. The van der Waals surface area contributed by atoms with E-state index in [1.54, 1.807) is 13.0 Å². The second-order valence-corrected chi connectivity index (χ2v) is 11.1. The number of ether oxygens (including phenoxy) is 1. The van der Waals surface area contributed by atoms with Gasteiger partial charge in [0.05, 0.1) is 10.6 Å². The van der Waals surface area contributed by atoms with E-state index in [4.69, 9.17) is 4.74 Å². The third kappa shape index (κ3) is 5.09. The number of amides is 2. The van der Waals surface area contributed by atoms with Gasteiger partial charge in [-0.1, -0.05) is 32.1 Å². The molecule has 3 aliphatic rings. The zero-order valence-electron chi connectivity index (χ0n) is 18.7. The molecule has 8 nitrogen and oxygen atoms in total. The van der Waals surface area contributed by atoms with Gasteiger partial charge >= 0.3 is 0 Å². The molecule has 2 heterocycles. The normalized spacial score (nSPS) is 21.6. The minimum absolute atomic E-state index is 0.0710. The number of anilines is 1. The predicted molar refractivity (Wildman–Crippen MR) is 121 cm³/mol. The number of hydrogen-bond donors (Lipinski definition) is 2. The Morgan fingerprint density at radius 1 is 1.06 bits per heavy atom. The monoisotopic (exact) mass is 463 g/mol. The number of carbonyl (C=O) groups excluding carboxylic acids is 2. The average Bonchev–Trinajstić information content (AvgIpc) is 2.75. The molecular formula is C23H33N3O5S. The van der Waals surface area contributed by atoms with Gasteiger partial charge in [0.15, 0.2) is 6.61 Å². The molecular weight excluding hydrogens is 430 g/mol. The zero-order valence-corrected chi connectivity index (χ0v) is 19.5. The van der Waals surface area contributed by atoms with Gasteiger partial charge in [-0.2, -0.15) is 4.31 Å². The maximum Gasteiger partial charge on any atom is 0.262 e. The van der Waals surface area contributed by atoms with Crippen molar-refractivity contribution in [2.24, 2.45) is 5.92 Å². The smallest absolute Gasteiger partial charge is 0.262 e. The lowest BCUT2D eigenvalue weighted by atomic mass is 9.94. The summed E-state index contributed by atoms with van der Waals surface area (Å²) in [5.74, 6) is 0.0336. The molecule has 0 bridgehead atoms. The zero-order chi connectivity index (χ0) is 22.7. The number of hydrogen-bond acceptors (Lipinski definition) is 5. The van der Waals surface area contributed by atoms with Crippen molar-refractivity contribution in [2.45, 2.75) is 75.6 Å². The molecule has 176 valence electrons. The fourth-order valence-electron chi connectivity index (χ4n) is 4.91. The van der Waals surface area contributed by atoms with Gasteiger partial charge in [0.25, 0.3) is 5.91 Å². The molecule has 4 rings (SSSR count). The van der Waals surface area contributed by atoms with Crippen molar-refractivity contribution in [2.75, 3.05) is 25.0 Å². The van der Waals surface area contributed by atoms with E-state index in [1.807, 2.05) is 0 Å². The Balaban J connectivity index is 1.38. The molecule has 1 saturated carbocycles. The Hall–Kier alpha value is -2.13. The third-order valence-electron chi connectivity index (χ3n) is 6.80. The lowest BCUT2D eigenvalue weighted by Gasteiger charge is -2.32. The molecule has 1 saturated heterocycles. The molecule has 0 atom stereocenters. The molecule has 0 unspecified atom stereocenters. The minimum atomic E-state index is -3.72. The van der Waals surface area contributed by atoms with Crippen molar-refractivity contribution < 1.29 is 22.7 Å². The van der Waals surface area contributed by atoms with E-state index in [0.29, 0.717) is 42.9 Å². The topological polar surface area (TPSA) is 105 Å². The van der Waals surface area contributed by atoms with Crippen molar-refractivity contribution in [3.8, 4) is 5.75 Å². The Morgan fingerprint density at radius 3 is 2.41 bits per heavy atom. The summed E-state index contributed by atoms with van der Waals surface area (Å²) < 4.78 is 33.5. The van der Waals surface area contributed by atoms with Crippen LogP contribution in [0.25, 0.3) is 0 Å². The highest BCUT2D eigenvalue weighted by Crippen LogP contribution is 2.35. The van der Waals surface area contributed by atoms with Gasteiger partial charge < -0.3 is 15.4 Å². The predicted octanol–water partition coefficient (Wildman–Crippen LogP) is 2.96. The van der Waals surface area contributed by atoms with Gasteiger partial charge in [0.2, 0.25) is 15.9 Å². The summed E-state index contributed by atoms with van der Waals surface area (Å²) in [6.07, 6.45) is 9.22. The van der Waals surface area contributed by atoms with Gasteiger partial charge in [-0.3, -0.25) is 9.59 Å². The van der Waals surface area contributed by atoms with Gasteiger partial charge in [-0.15, -0.1) is 0 Å². The standard InChI is InChI=1S/C23H33N3O5S/c1-16-13-19-20(31-15-22(27)25-19)14-21(16)32(29,30)26-11-9-17(10-12-26)23(28)24-18-7-5-3-2-4-6-8-18/h13-14,17-18H,2-12,15H2,1H3,(H,24,28)(H,25,27). The number of nitrogens with one attached hydrogen (secondary N) is 2. The number of benzene rings is 1. The van der Waals surface area contributed by atoms with Crippen LogP contribution in [-0.4, -0.2) is 50.3 Å². The van der Waals surface area contributed by atoms with E-state index in [-0.39, 0.29) is 35.3 Å². The van der Waals surface area contributed by atoms with E-state index < -0.39 is 10.0 Å². The van der Waals surface area contributed by atoms with E-state index in [1.165, 1.54) is 29.6 Å². The fourth-order valence-corrected chi connectivity index (χ4v) is 6.60.